The van der Waals surface area contributed by atoms with Crippen LogP contribution < -0.4 is 4.90 Å². The van der Waals surface area contributed by atoms with E-state index >= 15 is 0 Å². The van der Waals surface area contributed by atoms with Crippen LogP contribution >= 0.6 is 0 Å². The molecule has 0 aliphatic carbocycles. The summed E-state index contributed by atoms with van der Waals surface area (Å²) in [5.74, 6) is 0.351. The molecule has 0 spiro atoms. The van der Waals surface area contributed by atoms with E-state index in [2.05, 4.69) is 24.0 Å². The summed E-state index contributed by atoms with van der Waals surface area (Å²) < 4.78 is 0. The summed E-state index contributed by atoms with van der Waals surface area (Å²) >= 11 is 0. The van der Waals surface area contributed by atoms with Gasteiger partial charge in [-0.3, -0.25) is 4.79 Å². The van der Waals surface area contributed by atoms with Gasteiger partial charge in [-0.25, -0.2) is 0 Å². The van der Waals surface area contributed by atoms with Gasteiger partial charge in [-0.15, -0.1) is 5.10 Å². The Hall–Kier alpha value is -1.65. The van der Waals surface area contributed by atoms with Gasteiger partial charge in [0.1, 0.15) is 0 Å². The second-order valence-electron chi connectivity index (χ2n) is 5.25. The van der Waals surface area contributed by atoms with E-state index < -0.39 is 5.97 Å². The topological polar surface area (TPSA) is 66.3 Å². The summed E-state index contributed by atoms with van der Waals surface area (Å²) in [7, 11) is 0. The van der Waals surface area contributed by atoms with Crippen LogP contribution in [-0.4, -0.2) is 34.4 Å². The van der Waals surface area contributed by atoms with E-state index in [-0.39, 0.29) is 5.92 Å². The average Bonchev–Trinajstić information content (AvgIpc) is 2.78. The average molecular weight is 249 g/mol. The molecule has 0 saturated carbocycles. The van der Waals surface area contributed by atoms with Crippen LogP contribution in [-0.2, 0) is 11.2 Å². The van der Waals surface area contributed by atoms with Crippen molar-refractivity contribution in [2.24, 2.45) is 11.8 Å². The molecule has 0 radical (unpaired) electrons. The molecule has 5 nitrogen and oxygen atoms in total. The van der Waals surface area contributed by atoms with E-state index in [4.69, 9.17) is 5.11 Å². The third-order valence-corrected chi connectivity index (χ3v) is 3.18. The van der Waals surface area contributed by atoms with Gasteiger partial charge in [0.15, 0.2) is 5.82 Å². The van der Waals surface area contributed by atoms with Crippen molar-refractivity contribution in [2.75, 3.05) is 18.0 Å². The molecule has 1 N–H and O–H groups in total. The van der Waals surface area contributed by atoms with Gasteiger partial charge in [0.05, 0.1) is 11.6 Å². The molecule has 5 heteroatoms. The van der Waals surface area contributed by atoms with E-state index in [1.165, 1.54) is 0 Å². The number of nitrogens with zero attached hydrogens (tertiary/aromatic N) is 3. The Balaban J connectivity index is 2.00. The molecule has 0 bridgehead atoms. The van der Waals surface area contributed by atoms with Crippen molar-refractivity contribution >= 4 is 11.8 Å². The van der Waals surface area contributed by atoms with Gasteiger partial charge < -0.3 is 10.0 Å². The van der Waals surface area contributed by atoms with Gasteiger partial charge in [0.2, 0.25) is 0 Å². The van der Waals surface area contributed by atoms with Gasteiger partial charge in [0, 0.05) is 13.1 Å². The van der Waals surface area contributed by atoms with Crippen LogP contribution in [0.1, 0.15) is 26.0 Å². The number of rotatable bonds is 4. The lowest BCUT2D eigenvalue weighted by molar-refractivity contribution is -0.140. The molecule has 0 aromatic carbocycles. The second kappa shape index (κ2) is 5.33. The lowest BCUT2D eigenvalue weighted by Crippen LogP contribution is -2.23. The summed E-state index contributed by atoms with van der Waals surface area (Å²) in [6.07, 6.45) is 1.61. The van der Waals surface area contributed by atoms with E-state index in [1.807, 2.05) is 17.0 Å². The van der Waals surface area contributed by atoms with Crippen molar-refractivity contribution in [3.8, 4) is 0 Å². The predicted octanol–water partition coefficient (Wildman–Crippen LogP) is 1.59. The number of aliphatic carboxylic acids is 1. The first-order valence-corrected chi connectivity index (χ1v) is 6.36. The molecule has 1 unspecified atom stereocenters. The third kappa shape index (κ3) is 2.97. The van der Waals surface area contributed by atoms with Gasteiger partial charge in [-0.1, -0.05) is 13.8 Å². The second-order valence-corrected chi connectivity index (χ2v) is 5.25. The monoisotopic (exact) mass is 249 g/mol. The molecule has 18 heavy (non-hydrogen) atoms. The zero-order valence-corrected chi connectivity index (χ0v) is 10.8. The Morgan fingerprint density at radius 3 is 2.78 bits per heavy atom. The number of carboxylic acids is 1. The summed E-state index contributed by atoms with van der Waals surface area (Å²) in [6, 6.07) is 3.92. The first-order valence-electron chi connectivity index (χ1n) is 6.36. The molecule has 98 valence electrons. The number of carboxylic acid groups (broad SMARTS) is 1. The van der Waals surface area contributed by atoms with Crippen molar-refractivity contribution in [2.45, 2.75) is 26.7 Å². The van der Waals surface area contributed by atoms with Crippen molar-refractivity contribution in [3.05, 3.63) is 17.8 Å². The van der Waals surface area contributed by atoms with Gasteiger partial charge in [0.25, 0.3) is 0 Å². The zero-order valence-electron chi connectivity index (χ0n) is 10.8. The van der Waals surface area contributed by atoms with E-state index in [0.29, 0.717) is 18.9 Å². The molecule has 1 atom stereocenters. The maximum Gasteiger partial charge on any atom is 0.308 e. The van der Waals surface area contributed by atoms with Crippen LogP contribution in [0.15, 0.2) is 12.1 Å². The van der Waals surface area contributed by atoms with E-state index in [1.54, 1.807) is 0 Å². The normalized spacial score (nSPS) is 19.5. The molecule has 1 saturated heterocycles. The van der Waals surface area contributed by atoms with Crippen molar-refractivity contribution in [1.82, 2.24) is 10.2 Å². The van der Waals surface area contributed by atoms with E-state index in [9.17, 15) is 4.79 Å². The van der Waals surface area contributed by atoms with Crippen LogP contribution in [0.2, 0.25) is 0 Å². The molecule has 0 amide bonds. The Kier molecular flexibility index (Phi) is 3.79. The molecule has 1 aliphatic rings. The number of anilines is 1. The van der Waals surface area contributed by atoms with E-state index in [0.717, 1.165) is 24.5 Å². The minimum atomic E-state index is -0.720. The highest BCUT2D eigenvalue weighted by atomic mass is 16.4. The third-order valence-electron chi connectivity index (χ3n) is 3.18. The Bertz CT molecular complexity index is 417. The maximum atomic E-state index is 10.9. The number of aromatic nitrogens is 2. The minimum absolute atomic E-state index is 0.276. The zero-order chi connectivity index (χ0) is 13.1. The largest absolute Gasteiger partial charge is 0.481 e. The van der Waals surface area contributed by atoms with Crippen LogP contribution in [0.3, 0.4) is 0 Å². The smallest absolute Gasteiger partial charge is 0.308 e. The fraction of sp³-hybridized carbons (Fsp3) is 0.615. The molecule has 1 aliphatic heterocycles. The van der Waals surface area contributed by atoms with Crippen molar-refractivity contribution < 1.29 is 9.90 Å². The molecular weight excluding hydrogens is 230 g/mol. The molecule has 1 fully saturated rings. The molecule has 1 aromatic heterocycles. The number of hydrogen-bond acceptors (Lipinski definition) is 4. The standard InChI is InChI=1S/C13H19N3O2/c1-9(2)7-11-3-4-12(15-14-11)16-6-5-10(8-16)13(17)18/h3-4,9-10H,5-8H2,1-2H3,(H,17,18). The molecule has 1 aromatic rings. The lowest BCUT2D eigenvalue weighted by atomic mass is 10.1. The molecular formula is C13H19N3O2. The Morgan fingerprint density at radius 1 is 1.50 bits per heavy atom. The Labute approximate surface area is 107 Å². The summed E-state index contributed by atoms with van der Waals surface area (Å²) in [6.45, 7) is 5.57. The predicted molar refractivity (Wildman–Crippen MR) is 68.5 cm³/mol. The van der Waals surface area contributed by atoms with Gasteiger partial charge in [-0.05, 0) is 30.9 Å². The van der Waals surface area contributed by atoms with Crippen LogP contribution in [0, 0.1) is 11.8 Å². The molecule has 2 rings (SSSR count). The summed E-state index contributed by atoms with van der Waals surface area (Å²) in [4.78, 5) is 12.9. The number of carbonyl (C=O) groups is 1. The highest BCUT2D eigenvalue weighted by Gasteiger charge is 2.28. The summed E-state index contributed by atoms with van der Waals surface area (Å²) in [5.41, 5.74) is 0.989. The quantitative estimate of drug-likeness (QED) is 0.877. The van der Waals surface area contributed by atoms with Crippen molar-refractivity contribution in [1.29, 1.82) is 0 Å². The van der Waals surface area contributed by atoms with Crippen LogP contribution in [0.25, 0.3) is 0 Å². The Morgan fingerprint density at radius 2 is 2.28 bits per heavy atom. The van der Waals surface area contributed by atoms with Crippen molar-refractivity contribution in [3.63, 3.8) is 0 Å². The first kappa shape index (κ1) is 12.8. The van der Waals surface area contributed by atoms with Gasteiger partial charge >= 0.3 is 5.97 Å². The minimum Gasteiger partial charge on any atom is -0.481 e. The maximum absolute atomic E-state index is 10.9. The highest BCUT2D eigenvalue weighted by molar-refractivity contribution is 5.71. The number of hydrogen-bond donors (Lipinski definition) is 1. The van der Waals surface area contributed by atoms with Gasteiger partial charge in [-0.2, -0.15) is 5.10 Å². The summed E-state index contributed by atoms with van der Waals surface area (Å²) in [5, 5.41) is 17.3. The first-order chi connectivity index (χ1) is 8.56. The van der Waals surface area contributed by atoms with Crippen LogP contribution in [0.5, 0.6) is 0 Å². The lowest BCUT2D eigenvalue weighted by Gasteiger charge is -2.16. The highest BCUT2D eigenvalue weighted by Crippen LogP contribution is 2.21. The molecule has 2 heterocycles. The fourth-order valence-electron chi connectivity index (χ4n) is 2.22. The fourth-order valence-corrected chi connectivity index (χ4v) is 2.22. The van der Waals surface area contributed by atoms with Crippen LogP contribution in [0.4, 0.5) is 5.82 Å². The SMILES string of the molecule is CC(C)Cc1ccc(N2CCC(C(=O)O)C2)nn1.